The summed E-state index contributed by atoms with van der Waals surface area (Å²) >= 11 is 0. The number of hydrogen-bond donors (Lipinski definition) is 3. The van der Waals surface area contributed by atoms with Gasteiger partial charge in [-0.2, -0.15) is 13.4 Å². The van der Waals surface area contributed by atoms with Gasteiger partial charge in [-0.3, -0.25) is 9.35 Å². The minimum absolute atomic E-state index is 0.254. The number of nitrogens with one attached hydrogen (secondary N) is 2. The van der Waals surface area contributed by atoms with Crippen LogP contribution in [0.3, 0.4) is 0 Å². The Morgan fingerprint density at radius 2 is 1.96 bits per heavy atom. The molecule has 2 heterocycles. The van der Waals surface area contributed by atoms with Gasteiger partial charge < -0.3 is 15.2 Å². The van der Waals surface area contributed by atoms with Crippen molar-refractivity contribution >= 4 is 16.0 Å². The number of nitrogens with zero attached hydrogens (tertiary/aromatic N) is 2. The van der Waals surface area contributed by atoms with Gasteiger partial charge >= 0.3 is 0 Å². The van der Waals surface area contributed by atoms with Gasteiger partial charge in [-0.05, 0) is 45.0 Å². The van der Waals surface area contributed by atoms with Gasteiger partial charge in [-0.15, -0.1) is 0 Å². The van der Waals surface area contributed by atoms with Gasteiger partial charge in [0.15, 0.2) is 5.37 Å². The Labute approximate surface area is 150 Å². The van der Waals surface area contributed by atoms with Crippen LogP contribution in [0.15, 0.2) is 28.8 Å². The molecule has 1 aliphatic rings. The number of aromatic nitrogens is 2. The van der Waals surface area contributed by atoms with Crippen molar-refractivity contribution in [2.75, 3.05) is 13.1 Å². The van der Waals surface area contributed by atoms with E-state index in [4.69, 9.17) is 9.08 Å². The predicted octanol–water partition coefficient (Wildman–Crippen LogP) is 1.17. The Balaban J connectivity index is 1.69. The van der Waals surface area contributed by atoms with E-state index in [9.17, 15) is 13.2 Å². The van der Waals surface area contributed by atoms with E-state index in [1.54, 1.807) is 12.1 Å². The average molecular weight is 380 g/mol. The monoisotopic (exact) mass is 380 g/mol. The van der Waals surface area contributed by atoms with E-state index in [1.165, 1.54) is 19.1 Å². The van der Waals surface area contributed by atoms with E-state index >= 15 is 0 Å². The molecule has 1 saturated heterocycles. The van der Waals surface area contributed by atoms with Crippen LogP contribution >= 0.6 is 0 Å². The highest BCUT2D eigenvalue weighted by atomic mass is 32.2. The molecule has 1 unspecified atom stereocenters. The number of piperidine rings is 1. The van der Waals surface area contributed by atoms with Crippen LogP contribution in [0.25, 0.3) is 11.4 Å². The summed E-state index contributed by atoms with van der Waals surface area (Å²) in [7, 11) is -4.33. The van der Waals surface area contributed by atoms with Crippen LogP contribution < -0.4 is 10.6 Å². The van der Waals surface area contributed by atoms with Crippen LogP contribution in [-0.2, 0) is 10.1 Å². The second kappa shape index (κ2) is 7.52. The fourth-order valence-corrected chi connectivity index (χ4v) is 2.96. The van der Waals surface area contributed by atoms with Gasteiger partial charge in [0.1, 0.15) is 0 Å². The molecule has 1 aliphatic heterocycles. The second-order valence-corrected chi connectivity index (χ2v) is 7.93. The number of carbonyl (C=O) groups is 1. The summed E-state index contributed by atoms with van der Waals surface area (Å²) in [5.41, 5.74) is 0.944. The fourth-order valence-electron chi connectivity index (χ4n) is 2.70. The minimum atomic E-state index is -4.33. The molecule has 0 aliphatic carbocycles. The Morgan fingerprint density at radius 1 is 1.31 bits per heavy atom. The average Bonchev–Trinajstić information content (AvgIpc) is 3.12. The highest BCUT2D eigenvalue weighted by molar-refractivity contribution is 7.86. The van der Waals surface area contributed by atoms with Crippen molar-refractivity contribution in [1.29, 1.82) is 0 Å². The van der Waals surface area contributed by atoms with Crippen LogP contribution in [0.5, 0.6) is 0 Å². The molecular weight excluding hydrogens is 360 g/mol. The fraction of sp³-hybridized carbons (Fsp3) is 0.438. The second-order valence-electron chi connectivity index (χ2n) is 6.19. The lowest BCUT2D eigenvalue weighted by Gasteiger charge is -2.18. The molecule has 0 spiro atoms. The first-order chi connectivity index (χ1) is 12.3. The number of carbonyl (C=O) groups excluding carboxylic acids is 1. The normalized spacial score (nSPS) is 17.0. The summed E-state index contributed by atoms with van der Waals surface area (Å²) in [6.07, 6.45) is 1.90. The summed E-state index contributed by atoms with van der Waals surface area (Å²) in [5, 5.41) is 8.10. The molecule has 0 saturated carbocycles. The maximum absolute atomic E-state index is 12.0. The maximum atomic E-state index is 12.0. The third-order valence-corrected chi connectivity index (χ3v) is 5.33. The lowest BCUT2D eigenvalue weighted by molar-refractivity contribution is 0.0948. The largest absolute Gasteiger partial charge is 0.339 e. The van der Waals surface area contributed by atoms with Crippen LogP contribution in [0.2, 0.25) is 0 Å². The summed E-state index contributed by atoms with van der Waals surface area (Å²) in [4.78, 5) is 16.5. The van der Waals surface area contributed by atoms with E-state index < -0.39 is 21.4 Å². The van der Waals surface area contributed by atoms with Crippen molar-refractivity contribution in [2.24, 2.45) is 0 Å². The molecule has 1 aromatic heterocycles. The molecule has 3 rings (SSSR count). The molecule has 1 aromatic carbocycles. The highest BCUT2D eigenvalue weighted by Gasteiger charge is 2.22. The van der Waals surface area contributed by atoms with Crippen molar-refractivity contribution in [3.05, 3.63) is 35.7 Å². The molecule has 9 nitrogen and oxygen atoms in total. The number of rotatable bonds is 5. The SMILES string of the molecule is CC(NC(=O)c1ccc(-c2noc(C3CCNCC3)n2)cc1)S(=O)(=O)O. The van der Waals surface area contributed by atoms with Gasteiger partial charge in [0.25, 0.3) is 16.0 Å². The third-order valence-electron chi connectivity index (χ3n) is 4.32. The summed E-state index contributed by atoms with van der Waals surface area (Å²) in [5.74, 6) is 0.705. The first-order valence-corrected chi connectivity index (χ1v) is 9.77. The molecular formula is C16H20N4O5S. The highest BCUT2D eigenvalue weighted by Crippen LogP contribution is 2.26. The van der Waals surface area contributed by atoms with Crippen molar-refractivity contribution < 1.29 is 22.3 Å². The quantitative estimate of drug-likeness (QED) is 0.658. The number of benzene rings is 1. The van der Waals surface area contributed by atoms with Gasteiger partial charge in [0.05, 0.1) is 0 Å². The summed E-state index contributed by atoms with van der Waals surface area (Å²) < 4.78 is 36.2. The van der Waals surface area contributed by atoms with Crippen molar-refractivity contribution in [3.8, 4) is 11.4 Å². The zero-order chi connectivity index (χ0) is 18.7. The van der Waals surface area contributed by atoms with E-state index in [2.05, 4.69) is 20.8 Å². The first kappa shape index (κ1) is 18.5. The Morgan fingerprint density at radius 3 is 2.58 bits per heavy atom. The Kier molecular flexibility index (Phi) is 5.35. The predicted molar refractivity (Wildman–Crippen MR) is 93.1 cm³/mol. The summed E-state index contributed by atoms with van der Waals surface area (Å²) in [6.45, 7) is 3.03. The number of hydrogen-bond acceptors (Lipinski definition) is 7. The smallest absolute Gasteiger partial charge is 0.285 e. The first-order valence-electron chi connectivity index (χ1n) is 8.26. The van der Waals surface area contributed by atoms with Gasteiger partial charge in [0, 0.05) is 17.0 Å². The lowest BCUT2D eigenvalue weighted by atomic mass is 9.98. The standard InChI is InChI=1S/C16H20N4O5S/c1-10(26(22,23)24)18-15(21)12-4-2-11(3-5-12)14-19-16(25-20-14)13-6-8-17-9-7-13/h2-5,10,13,17H,6-9H2,1H3,(H,18,21)(H,22,23,24). The van der Waals surface area contributed by atoms with E-state index in [-0.39, 0.29) is 11.5 Å². The molecule has 0 bridgehead atoms. The molecule has 3 N–H and O–H groups in total. The van der Waals surface area contributed by atoms with E-state index in [0.29, 0.717) is 17.3 Å². The van der Waals surface area contributed by atoms with Crippen LogP contribution in [0, 0.1) is 0 Å². The molecule has 10 heteroatoms. The van der Waals surface area contributed by atoms with E-state index in [1.807, 2.05) is 0 Å². The summed E-state index contributed by atoms with van der Waals surface area (Å²) in [6, 6.07) is 6.37. The van der Waals surface area contributed by atoms with Gasteiger partial charge in [-0.25, -0.2) is 0 Å². The van der Waals surface area contributed by atoms with Crippen molar-refractivity contribution in [2.45, 2.75) is 31.1 Å². The molecule has 140 valence electrons. The van der Waals surface area contributed by atoms with Gasteiger partial charge in [-0.1, -0.05) is 17.3 Å². The van der Waals surface area contributed by atoms with Crippen LogP contribution in [0.1, 0.15) is 41.9 Å². The molecule has 26 heavy (non-hydrogen) atoms. The maximum Gasteiger partial charge on any atom is 0.285 e. The topological polar surface area (TPSA) is 134 Å². The Bertz CT molecular complexity index is 872. The van der Waals surface area contributed by atoms with Crippen molar-refractivity contribution in [1.82, 2.24) is 20.8 Å². The molecule has 1 amide bonds. The zero-order valence-corrected chi connectivity index (χ0v) is 15.0. The molecule has 2 aromatic rings. The van der Waals surface area contributed by atoms with Gasteiger partial charge in [0.2, 0.25) is 11.7 Å². The van der Waals surface area contributed by atoms with Crippen molar-refractivity contribution in [3.63, 3.8) is 0 Å². The zero-order valence-electron chi connectivity index (χ0n) is 14.2. The lowest BCUT2D eigenvalue weighted by Crippen LogP contribution is -2.38. The molecule has 1 atom stereocenters. The number of amides is 1. The third kappa shape index (κ3) is 4.26. The Hall–Kier alpha value is -2.30. The molecule has 1 fully saturated rings. The van der Waals surface area contributed by atoms with E-state index in [0.717, 1.165) is 25.9 Å². The minimum Gasteiger partial charge on any atom is -0.339 e. The van der Waals surface area contributed by atoms with Crippen LogP contribution in [-0.4, -0.2) is 47.5 Å². The molecule has 0 radical (unpaired) electrons. The van der Waals surface area contributed by atoms with Crippen LogP contribution in [0.4, 0.5) is 0 Å².